The molecule has 7 heteroatoms. The number of anilines is 2. The summed E-state index contributed by atoms with van der Waals surface area (Å²) in [7, 11) is 0. The molecule has 4 heterocycles. The minimum Gasteiger partial charge on any atom is -0.372 e. The van der Waals surface area contributed by atoms with E-state index < -0.39 is 0 Å². The van der Waals surface area contributed by atoms with Crippen molar-refractivity contribution in [3.05, 3.63) is 114 Å². The van der Waals surface area contributed by atoms with Gasteiger partial charge in [0.2, 0.25) is 0 Å². The minimum atomic E-state index is -0.350. The lowest BCUT2D eigenvalue weighted by atomic mass is 9.91. The van der Waals surface area contributed by atoms with Crippen molar-refractivity contribution in [2.75, 3.05) is 22.9 Å². The van der Waals surface area contributed by atoms with Crippen LogP contribution in [0.2, 0.25) is 0 Å². The molecular weight excluding hydrogens is 559 g/mol. The Morgan fingerprint density at radius 1 is 0.643 bits per heavy atom. The summed E-state index contributed by atoms with van der Waals surface area (Å²) in [6.07, 6.45) is 1.59. The van der Waals surface area contributed by atoms with Crippen molar-refractivity contribution in [2.24, 2.45) is 0 Å². The quantitative estimate of drug-likeness (QED) is 0.176. The molecule has 1 aliphatic rings. The molecule has 0 radical (unpaired) electrons. The summed E-state index contributed by atoms with van der Waals surface area (Å²) in [6, 6.07) is 32.2. The lowest BCUT2D eigenvalue weighted by Crippen LogP contribution is -2.40. The first-order valence-electron chi connectivity index (χ1n) is 14.0. The van der Waals surface area contributed by atoms with Gasteiger partial charge in [0.25, 0.3) is 11.8 Å². The van der Waals surface area contributed by atoms with Gasteiger partial charge in [-0.2, -0.15) is 0 Å². The van der Waals surface area contributed by atoms with E-state index in [1.54, 1.807) is 53.1 Å². The number of rotatable bonds is 7. The molecule has 42 heavy (non-hydrogen) atoms. The molecule has 0 saturated heterocycles. The largest absolute Gasteiger partial charge is 0.372 e. The molecule has 0 spiro atoms. The standard InChI is InChI=1S/C35H27N3O2S2/c1-3-37(4-2)23-13-11-22(12-14-23)28-17-19-30(41-28)31-20-18-29(42-31)24-15-16-27-33-25(24)8-7-9-26(33)34(39)38(35(27)40)32-10-5-6-21-36-32/h5-21H,3-4H2,1-2H3. The first kappa shape index (κ1) is 26.3. The first-order chi connectivity index (χ1) is 20.6. The zero-order valence-electron chi connectivity index (χ0n) is 23.2. The summed E-state index contributed by atoms with van der Waals surface area (Å²) in [4.78, 5) is 39.6. The fourth-order valence-electron chi connectivity index (χ4n) is 5.67. The number of benzene rings is 3. The molecule has 0 unspecified atom stereocenters. The zero-order chi connectivity index (χ0) is 28.8. The second-order valence-electron chi connectivity index (χ2n) is 10.1. The van der Waals surface area contributed by atoms with Crippen molar-refractivity contribution in [1.82, 2.24) is 4.98 Å². The molecule has 0 saturated carbocycles. The SMILES string of the molecule is CCN(CC)c1ccc(-c2ccc(-c3ccc(-c4ccc5c6c(cccc46)C(=O)N(c4ccccn4)C5=O)s3)s2)cc1. The Morgan fingerprint density at radius 3 is 1.98 bits per heavy atom. The van der Waals surface area contributed by atoms with Crippen LogP contribution in [0.25, 0.3) is 41.4 Å². The van der Waals surface area contributed by atoms with E-state index in [1.165, 1.54) is 30.8 Å². The maximum absolute atomic E-state index is 13.5. The van der Waals surface area contributed by atoms with Crippen molar-refractivity contribution in [1.29, 1.82) is 0 Å². The Balaban J connectivity index is 1.22. The number of nitrogens with zero attached hydrogens (tertiary/aromatic N) is 3. The van der Waals surface area contributed by atoms with E-state index in [-0.39, 0.29) is 11.8 Å². The number of carbonyl (C=O) groups is 2. The van der Waals surface area contributed by atoms with Crippen LogP contribution in [0.4, 0.5) is 11.5 Å². The van der Waals surface area contributed by atoms with Crippen LogP contribution in [0.3, 0.4) is 0 Å². The number of hydrogen-bond acceptors (Lipinski definition) is 6. The second kappa shape index (κ2) is 10.7. The van der Waals surface area contributed by atoms with Crippen LogP contribution < -0.4 is 9.80 Å². The third kappa shape index (κ3) is 4.33. The van der Waals surface area contributed by atoms with E-state index in [9.17, 15) is 9.59 Å². The van der Waals surface area contributed by atoms with Crippen LogP contribution >= 0.6 is 22.7 Å². The minimum absolute atomic E-state index is 0.331. The summed E-state index contributed by atoms with van der Waals surface area (Å²) in [5.74, 6) is -0.369. The number of aromatic nitrogens is 1. The first-order valence-corrected chi connectivity index (χ1v) is 15.6. The Labute approximate surface area is 252 Å². The van der Waals surface area contributed by atoms with E-state index in [0.29, 0.717) is 22.3 Å². The van der Waals surface area contributed by atoms with Gasteiger partial charge in [0.1, 0.15) is 5.82 Å². The van der Waals surface area contributed by atoms with E-state index in [0.717, 1.165) is 28.9 Å². The molecule has 1 aliphatic heterocycles. The molecule has 0 bridgehead atoms. The molecule has 2 amide bonds. The number of carbonyl (C=O) groups excluding carboxylic acids is 2. The smallest absolute Gasteiger partial charge is 0.267 e. The van der Waals surface area contributed by atoms with Gasteiger partial charge in [-0.3, -0.25) is 9.59 Å². The van der Waals surface area contributed by atoms with Crippen LogP contribution in [-0.2, 0) is 0 Å². The van der Waals surface area contributed by atoms with Gasteiger partial charge in [0.05, 0.1) is 0 Å². The number of amides is 2. The van der Waals surface area contributed by atoms with Gasteiger partial charge in [-0.15, -0.1) is 22.7 Å². The summed E-state index contributed by atoms with van der Waals surface area (Å²) in [5, 5.41) is 1.61. The van der Waals surface area contributed by atoms with Gasteiger partial charge < -0.3 is 4.90 Å². The van der Waals surface area contributed by atoms with Gasteiger partial charge in [0, 0.05) is 61.0 Å². The summed E-state index contributed by atoms with van der Waals surface area (Å²) >= 11 is 3.51. The molecule has 206 valence electrons. The van der Waals surface area contributed by atoms with Crippen LogP contribution in [-0.4, -0.2) is 29.9 Å². The van der Waals surface area contributed by atoms with E-state index in [4.69, 9.17) is 0 Å². The Morgan fingerprint density at radius 2 is 1.29 bits per heavy atom. The van der Waals surface area contributed by atoms with Crippen LogP contribution in [0.1, 0.15) is 34.6 Å². The second-order valence-corrected chi connectivity index (χ2v) is 12.2. The molecular formula is C35H27N3O2S2. The maximum atomic E-state index is 13.5. The normalized spacial score (nSPS) is 12.8. The lowest BCUT2D eigenvalue weighted by Gasteiger charge is -2.26. The van der Waals surface area contributed by atoms with E-state index >= 15 is 0 Å². The van der Waals surface area contributed by atoms with Gasteiger partial charge in [-0.1, -0.05) is 36.4 Å². The molecule has 6 aromatic rings. The van der Waals surface area contributed by atoms with Crippen LogP contribution in [0.5, 0.6) is 0 Å². The Bertz CT molecular complexity index is 1930. The molecule has 3 aromatic carbocycles. The van der Waals surface area contributed by atoms with Gasteiger partial charge in [-0.25, -0.2) is 9.88 Å². The highest BCUT2D eigenvalue weighted by molar-refractivity contribution is 7.25. The maximum Gasteiger partial charge on any atom is 0.267 e. The predicted molar refractivity (Wildman–Crippen MR) is 175 cm³/mol. The van der Waals surface area contributed by atoms with Crippen molar-refractivity contribution in [3.8, 4) is 30.6 Å². The fraction of sp³-hybridized carbons (Fsp3) is 0.114. The molecule has 5 nitrogen and oxygen atoms in total. The average Bonchev–Trinajstić information content (AvgIpc) is 3.72. The zero-order valence-corrected chi connectivity index (χ0v) is 24.8. The highest BCUT2D eigenvalue weighted by Gasteiger charge is 2.35. The van der Waals surface area contributed by atoms with Crippen LogP contribution in [0, 0.1) is 0 Å². The topological polar surface area (TPSA) is 53.5 Å². The van der Waals surface area contributed by atoms with Crippen LogP contribution in [0.15, 0.2) is 103 Å². The highest BCUT2D eigenvalue weighted by atomic mass is 32.1. The number of thiophene rings is 2. The third-order valence-electron chi connectivity index (χ3n) is 7.79. The average molecular weight is 586 g/mol. The Kier molecular flexibility index (Phi) is 6.69. The fourth-order valence-corrected chi connectivity index (χ4v) is 7.82. The number of hydrogen-bond donors (Lipinski definition) is 0. The van der Waals surface area contributed by atoms with Gasteiger partial charge in [0.15, 0.2) is 0 Å². The van der Waals surface area contributed by atoms with Gasteiger partial charge in [-0.05, 0) is 91.0 Å². The van der Waals surface area contributed by atoms with E-state index in [1.807, 2.05) is 24.3 Å². The lowest BCUT2D eigenvalue weighted by molar-refractivity contribution is 0.0892. The summed E-state index contributed by atoms with van der Waals surface area (Å²) in [5.41, 5.74) is 4.51. The van der Waals surface area contributed by atoms with Crippen molar-refractivity contribution >= 4 is 56.8 Å². The molecule has 0 fully saturated rings. The molecule has 0 N–H and O–H groups in total. The van der Waals surface area contributed by atoms with Crippen molar-refractivity contribution in [2.45, 2.75) is 13.8 Å². The number of pyridine rings is 1. The van der Waals surface area contributed by atoms with Crippen molar-refractivity contribution < 1.29 is 9.59 Å². The Hall–Kier alpha value is -4.59. The highest BCUT2D eigenvalue weighted by Crippen LogP contribution is 2.43. The van der Waals surface area contributed by atoms with Gasteiger partial charge >= 0.3 is 0 Å². The number of imide groups is 1. The molecule has 0 aliphatic carbocycles. The molecule has 3 aromatic heterocycles. The van der Waals surface area contributed by atoms with Crippen molar-refractivity contribution in [3.63, 3.8) is 0 Å². The van der Waals surface area contributed by atoms with E-state index in [2.05, 4.69) is 72.3 Å². The molecule has 0 atom stereocenters. The predicted octanol–water partition coefficient (Wildman–Crippen LogP) is 9.01. The summed E-state index contributed by atoms with van der Waals surface area (Å²) in [6.45, 7) is 6.35. The summed E-state index contributed by atoms with van der Waals surface area (Å²) < 4.78 is 0. The third-order valence-corrected chi connectivity index (χ3v) is 10.2. The monoisotopic (exact) mass is 585 g/mol. The molecule has 7 rings (SSSR count).